The van der Waals surface area contributed by atoms with Crippen LogP contribution in [0.5, 0.6) is 0 Å². The summed E-state index contributed by atoms with van der Waals surface area (Å²) in [6.45, 7) is 0.974. The third-order valence-electron chi connectivity index (χ3n) is 3.16. The highest BCUT2D eigenvalue weighted by atomic mass is 16.1. The summed E-state index contributed by atoms with van der Waals surface area (Å²) in [5, 5.41) is 10.5. The van der Waals surface area contributed by atoms with Gasteiger partial charge in [0.25, 0.3) is 0 Å². The summed E-state index contributed by atoms with van der Waals surface area (Å²) in [5.74, 6) is 0.231. The van der Waals surface area contributed by atoms with E-state index < -0.39 is 0 Å². The fraction of sp³-hybridized carbons (Fsp3) is 0.176. The molecule has 0 unspecified atom stereocenters. The zero-order valence-electron chi connectivity index (χ0n) is 11.8. The number of nitrogens with one attached hydrogen (secondary N) is 2. The Balaban J connectivity index is 1.76. The Hall–Kier alpha value is -2.46. The van der Waals surface area contributed by atoms with Crippen LogP contribution in [0.3, 0.4) is 0 Å². The van der Waals surface area contributed by atoms with Gasteiger partial charge in [-0.05, 0) is 11.1 Å². The first-order valence-corrected chi connectivity index (χ1v) is 6.85. The molecule has 2 aromatic rings. The number of amidine groups is 1. The van der Waals surface area contributed by atoms with Crippen molar-refractivity contribution in [1.82, 2.24) is 5.32 Å². The first kappa shape index (κ1) is 14.9. The van der Waals surface area contributed by atoms with Gasteiger partial charge in [0.05, 0.1) is 6.54 Å². The van der Waals surface area contributed by atoms with E-state index in [1.54, 1.807) is 0 Å². The second-order valence-corrected chi connectivity index (χ2v) is 4.92. The van der Waals surface area contributed by atoms with Gasteiger partial charge < -0.3 is 11.1 Å². The highest BCUT2D eigenvalue weighted by Gasteiger charge is 2.03. The third-order valence-corrected chi connectivity index (χ3v) is 3.16. The molecule has 0 aromatic heterocycles. The van der Waals surface area contributed by atoms with E-state index in [4.69, 9.17) is 11.1 Å². The van der Waals surface area contributed by atoms with E-state index in [1.165, 1.54) is 0 Å². The molecular formula is C17H19N3O. The van der Waals surface area contributed by atoms with E-state index in [0.717, 1.165) is 11.1 Å². The Morgan fingerprint density at radius 2 is 1.67 bits per heavy atom. The van der Waals surface area contributed by atoms with E-state index >= 15 is 0 Å². The van der Waals surface area contributed by atoms with E-state index in [9.17, 15) is 4.79 Å². The van der Waals surface area contributed by atoms with Gasteiger partial charge in [0, 0.05) is 18.5 Å². The summed E-state index contributed by atoms with van der Waals surface area (Å²) in [4.78, 5) is 11.8. The molecule has 4 nitrogen and oxygen atoms in total. The smallest absolute Gasteiger partial charge is 0.150 e. The van der Waals surface area contributed by atoms with Gasteiger partial charge in [-0.1, -0.05) is 54.6 Å². The average Bonchev–Trinajstić information content (AvgIpc) is 2.49. The van der Waals surface area contributed by atoms with Crippen LogP contribution in [0.1, 0.15) is 16.7 Å². The van der Waals surface area contributed by atoms with Crippen LogP contribution in [0.4, 0.5) is 0 Å². The second-order valence-electron chi connectivity index (χ2n) is 4.92. The molecule has 0 amide bonds. The Morgan fingerprint density at radius 1 is 1.00 bits per heavy atom. The minimum atomic E-state index is 0.0625. The minimum absolute atomic E-state index is 0.0625. The number of Topliss-reactive ketones (excluding diaryl/α,β-unsaturated/α-hetero) is 1. The lowest BCUT2D eigenvalue weighted by Crippen LogP contribution is -2.23. The summed E-state index contributed by atoms with van der Waals surface area (Å²) in [6, 6.07) is 17.2. The number of carbonyl (C=O) groups excluding carboxylic acids is 1. The number of rotatable bonds is 7. The Labute approximate surface area is 124 Å². The number of nitrogen functional groups attached to an aromatic ring is 1. The van der Waals surface area contributed by atoms with Crippen molar-refractivity contribution in [2.45, 2.75) is 13.0 Å². The molecule has 0 fully saturated rings. The van der Waals surface area contributed by atoms with Crippen LogP contribution in [-0.4, -0.2) is 18.2 Å². The van der Waals surface area contributed by atoms with Gasteiger partial charge in [-0.2, -0.15) is 0 Å². The predicted octanol–water partition coefficient (Wildman–Crippen LogP) is 1.87. The first-order chi connectivity index (χ1) is 10.1. The van der Waals surface area contributed by atoms with Crippen molar-refractivity contribution >= 4 is 11.6 Å². The molecule has 0 bridgehead atoms. The number of nitrogens with two attached hydrogens (primary N) is 1. The molecule has 4 N–H and O–H groups in total. The molecule has 21 heavy (non-hydrogen) atoms. The summed E-state index contributed by atoms with van der Waals surface area (Å²) in [5.41, 5.74) is 8.21. The maximum atomic E-state index is 11.8. The van der Waals surface area contributed by atoms with Gasteiger partial charge in [-0.3, -0.25) is 10.2 Å². The van der Waals surface area contributed by atoms with Gasteiger partial charge >= 0.3 is 0 Å². The van der Waals surface area contributed by atoms with Crippen molar-refractivity contribution in [3.8, 4) is 0 Å². The monoisotopic (exact) mass is 281 g/mol. The summed E-state index contributed by atoms with van der Waals surface area (Å²) >= 11 is 0. The minimum Gasteiger partial charge on any atom is -0.384 e. The lowest BCUT2D eigenvalue weighted by Gasteiger charge is -2.06. The zero-order chi connectivity index (χ0) is 15.1. The van der Waals surface area contributed by atoms with Crippen molar-refractivity contribution in [2.24, 2.45) is 5.73 Å². The van der Waals surface area contributed by atoms with Crippen molar-refractivity contribution in [2.75, 3.05) is 6.54 Å². The van der Waals surface area contributed by atoms with Gasteiger partial charge in [0.1, 0.15) is 5.84 Å². The first-order valence-electron chi connectivity index (χ1n) is 6.85. The van der Waals surface area contributed by atoms with Gasteiger partial charge in [0.15, 0.2) is 5.78 Å². The number of hydrogen-bond acceptors (Lipinski definition) is 3. The molecule has 0 atom stereocenters. The Morgan fingerprint density at radius 3 is 2.29 bits per heavy atom. The molecule has 0 heterocycles. The number of hydrogen-bond donors (Lipinski definition) is 3. The number of ketones is 1. The molecule has 0 aliphatic carbocycles. The van der Waals surface area contributed by atoms with Crippen LogP contribution in [0, 0.1) is 5.41 Å². The fourth-order valence-corrected chi connectivity index (χ4v) is 2.03. The fourth-order valence-electron chi connectivity index (χ4n) is 2.03. The van der Waals surface area contributed by atoms with Crippen molar-refractivity contribution in [1.29, 1.82) is 5.41 Å². The summed E-state index contributed by atoms with van der Waals surface area (Å²) < 4.78 is 0. The van der Waals surface area contributed by atoms with Crippen LogP contribution in [0.25, 0.3) is 0 Å². The SMILES string of the molecule is N=C(N)c1ccc(CNCC(=O)Cc2ccccc2)cc1. The maximum Gasteiger partial charge on any atom is 0.150 e. The predicted molar refractivity (Wildman–Crippen MR) is 84.3 cm³/mol. The van der Waals surface area contributed by atoms with E-state index in [0.29, 0.717) is 25.1 Å². The van der Waals surface area contributed by atoms with Crippen molar-refractivity contribution < 1.29 is 4.79 Å². The van der Waals surface area contributed by atoms with Crippen molar-refractivity contribution in [3.63, 3.8) is 0 Å². The molecule has 0 radical (unpaired) electrons. The molecule has 0 aliphatic heterocycles. The van der Waals surface area contributed by atoms with Gasteiger partial charge in [-0.25, -0.2) is 0 Å². The molecule has 4 heteroatoms. The Bertz CT molecular complexity index is 606. The molecule has 0 saturated heterocycles. The lowest BCUT2D eigenvalue weighted by molar-refractivity contribution is -0.117. The van der Waals surface area contributed by atoms with Crippen molar-refractivity contribution in [3.05, 3.63) is 71.3 Å². The van der Waals surface area contributed by atoms with Crippen LogP contribution < -0.4 is 11.1 Å². The molecule has 0 saturated carbocycles. The highest BCUT2D eigenvalue weighted by Crippen LogP contribution is 2.04. The van der Waals surface area contributed by atoms with E-state index in [2.05, 4.69) is 5.32 Å². The molecule has 2 rings (SSSR count). The Kier molecular flexibility index (Phi) is 5.23. The maximum absolute atomic E-state index is 11.8. The average molecular weight is 281 g/mol. The normalized spacial score (nSPS) is 10.3. The second kappa shape index (κ2) is 7.36. The standard InChI is InChI=1S/C17H19N3O/c18-17(19)15-8-6-14(7-9-15)11-20-12-16(21)10-13-4-2-1-3-5-13/h1-9,20H,10-12H2,(H3,18,19). The summed E-state index contributed by atoms with van der Waals surface area (Å²) in [6.07, 6.45) is 0.455. The quantitative estimate of drug-likeness (QED) is 0.535. The van der Waals surface area contributed by atoms with Gasteiger partial charge in [-0.15, -0.1) is 0 Å². The molecule has 108 valence electrons. The number of carbonyl (C=O) groups is 1. The zero-order valence-corrected chi connectivity index (χ0v) is 11.8. The molecule has 0 spiro atoms. The largest absolute Gasteiger partial charge is 0.384 e. The van der Waals surface area contributed by atoms with Crippen LogP contribution in [0.2, 0.25) is 0 Å². The highest BCUT2D eigenvalue weighted by molar-refractivity contribution is 5.94. The number of benzene rings is 2. The van der Waals surface area contributed by atoms with Crippen LogP contribution in [-0.2, 0) is 17.8 Å². The molecule has 2 aromatic carbocycles. The lowest BCUT2D eigenvalue weighted by atomic mass is 10.1. The summed E-state index contributed by atoms with van der Waals surface area (Å²) in [7, 11) is 0. The topological polar surface area (TPSA) is 79.0 Å². The van der Waals surface area contributed by atoms with Crippen LogP contribution >= 0.6 is 0 Å². The molecule has 0 aliphatic rings. The van der Waals surface area contributed by atoms with Gasteiger partial charge in [0.2, 0.25) is 0 Å². The third kappa shape index (κ3) is 4.85. The molecular weight excluding hydrogens is 262 g/mol. The van der Waals surface area contributed by atoms with E-state index in [-0.39, 0.29) is 11.6 Å². The van der Waals surface area contributed by atoms with Crippen LogP contribution in [0.15, 0.2) is 54.6 Å². The van der Waals surface area contributed by atoms with E-state index in [1.807, 2.05) is 54.6 Å².